The second-order valence-corrected chi connectivity index (χ2v) is 4.96. The summed E-state index contributed by atoms with van der Waals surface area (Å²) in [7, 11) is 1.84. The van der Waals surface area contributed by atoms with Gasteiger partial charge in [-0.25, -0.2) is 0 Å². The molecule has 1 aromatic heterocycles. The van der Waals surface area contributed by atoms with Crippen molar-refractivity contribution in [3.63, 3.8) is 0 Å². The Kier molecular flexibility index (Phi) is 4.04. The van der Waals surface area contributed by atoms with Crippen LogP contribution in [0.2, 0.25) is 0 Å². The monoisotopic (exact) mass is 252 g/mol. The SMILES string of the molecule is Cn1cccc1C(=O)NCC1(CO)CCOCC1. The number of amides is 1. The molecule has 2 N–H and O–H groups in total. The fourth-order valence-electron chi connectivity index (χ4n) is 2.25. The van der Waals surface area contributed by atoms with E-state index in [1.807, 2.05) is 19.3 Å². The highest BCUT2D eigenvalue weighted by atomic mass is 16.5. The van der Waals surface area contributed by atoms with Crippen LogP contribution in [-0.4, -0.2) is 41.9 Å². The predicted octanol–water partition coefficient (Wildman–Crippen LogP) is 0.544. The summed E-state index contributed by atoms with van der Waals surface area (Å²) < 4.78 is 7.08. The standard InChI is InChI=1S/C13H20N2O3/c1-15-6-2-3-11(15)12(17)14-9-13(10-16)4-7-18-8-5-13/h2-3,6,16H,4-5,7-10H2,1H3,(H,14,17). The van der Waals surface area contributed by atoms with Crippen LogP contribution in [0.25, 0.3) is 0 Å². The molecule has 0 saturated carbocycles. The minimum atomic E-state index is -0.223. The van der Waals surface area contributed by atoms with Crippen molar-refractivity contribution in [2.24, 2.45) is 12.5 Å². The van der Waals surface area contributed by atoms with Crippen LogP contribution >= 0.6 is 0 Å². The van der Waals surface area contributed by atoms with E-state index in [1.54, 1.807) is 10.6 Å². The Labute approximate surface area is 107 Å². The van der Waals surface area contributed by atoms with Crippen LogP contribution in [0.3, 0.4) is 0 Å². The number of hydrogen-bond donors (Lipinski definition) is 2. The topological polar surface area (TPSA) is 63.5 Å². The number of aliphatic hydroxyl groups is 1. The molecule has 5 heteroatoms. The van der Waals surface area contributed by atoms with Crippen LogP contribution < -0.4 is 5.32 Å². The molecule has 0 aliphatic carbocycles. The Bertz CT molecular complexity index is 408. The highest BCUT2D eigenvalue weighted by Crippen LogP contribution is 2.29. The van der Waals surface area contributed by atoms with Crippen molar-refractivity contribution in [3.05, 3.63) is 24.0 Å². The molecule has 1 fully saturated rings. The molecule has 18 heavy (non-hydrogen) atoms. The van der Waals surface area contributed by atoms with Gasteiger partial charge in [0.05, 0.1) is 6.61 Å². The fourth-order valence-corrected chi connectivity index (χ4v) is 2.25. The van der Waals surface area contributed by atoms with E-state index in [0.29, 0.717) is 25.5 Å². The van der Waals surface area contributed by atoms with E-state index in [-0.39, 0.29) is 17.9 Å². The lowest BCUT2D eigenvalue weighted by atomic mass is 9.81. The Balaban J connectivity index is 1.94. The molecule has 2 heterocycles. The number of ether oxygens (including phenoxy) is 1. The quantitative estimate of drug-likeness (QED) is 0.822. The van der Waals surface area contributed by atoms with Crippen LogP contribution in [0.1, 0.15) is 23.3 Å². The lowest BCUT2D eigenvalue weighted by molar-refractivity contribution is -0.0146. The molecule has 100 valence electrons. The smallest absolute Gasteiger partial charge is 0.267 e. The van der Waals surface area contributed by atoms with E-state index in [0.717, 1.165) is 12.8 Å². The maximum Gasteiger partial charge on any atom is 0.267 e. The van der Waals surface area contributed by atoms with Gasteiger partial charge in [0.1, 0.15) is 5.69 Å². The lowest BCUT2D eigenvalue weighted by Crippen LogP contribution is -2.44. The molecule has 5 nitrogen and oxygen atoms in total. The Hall–Kier alpha value is -1.33. The second-order valence-electron chi connectivity index (χ2n) is 4.96. The van der Waals surface area contributed by atoms with Gasteiger partial charge in [-0.3, -0.25) is 4.79 Å². The molecule has 0 radical (unpaired) electrons. The summed E-state index contributed by atoms with van der Waals surface area (Å²) in [5.41, 5.74) is 0.411. The average Bonchev–Trinajstić information content (AvgIpc) is 2.83. The van der Waals surface area contributed by atoms with E-state index >= 15 is 0 Å². The third-order valence-electron chi connectivity index (χ3n) is 3.69. The van der Waals surface area contributed by atoms with Crippen molar-refractivity contribution in [3.8, 4) is 0 Å². The summed E-state index contributed by atoms with van der Waals surface area (Å²) in [5.74, 6) is -0.0955. The zero-order valence-corrected chi connectivity index (χ0v) is 10.7. The summed E-state index contributed by atoms with van der Waals surface area (Å²) in [5, 5.41) is 12.4. The van der Waals surface area contributed by atoms with Crippen molar-refractivity contribution in [1.29, 1.82) is 0 Å². The van der Waals surface area contributed by atoms with Gasteiger partial charge >= 0.3 is 0 Å². The van der Waals surface area contributed by atoms with Gasteiger partial charge in [0.25, 0.3) is 5.91 Å². The van der Waals surface area contributed by atoms with Gasteiger partial charge in [0.2, 0.25) is 0 Å². The maximum absolute atomic E-state index is 12.0. The normalized spacial score (nSPS) is 18.6. The number of rotatable bonds is 4. The van der Waals surface area contributed by atoms with Crippen LogP contribution in [0.5, 0.6) is 0 Å². The zero-order chi connectivity index (χ0) is 13.0. The number of aliphatic hydroxyl groups excluding tert-OH is 1. The summed E-state index contributed by atoms with van der Waals surface area (Å²) in [6, 6.07) is 3.62. The summed E-state index contributed by atoms with van der Waals surface area (Å²) in [4.78, 5) is 12.0. The molecule has 1 aromatic rings. The molecule has 0 spiro atoms. The van der Waals surface area contributed by atoms with Crippen LogP contribution in [0.4, 0.5) is 0 Å². The van der Waals surface area contributed by atoms with E-state index in [4.69, 9.17) is 4.74 Å². The number of nitrogens with one attached hydrogen (secondary N) is 1. The molecule has 2 rings (SSSR count). The molecule has 0 aromatic carbocycles. The minimum absolute atomic E-state index is 0.0871. The molecule has 1 aliphatic heterocycles. The van der Waals surface area contributed by atoms with Crippen molar-refractivity contribution < 1.29 is 14.6 Å². The molecule has 0 unspecified atom stereocenters. The van der Waals surface area contributed by atoms with Crippen LogP contribution in [0, 0.1) is 5.41 Å². The van der Waals surface area contributed by atoms with Crippen molar-refractivity contribution >= 4 is 5.91 Å². The highest BCUT2D eigenvalue weighted by Gasteiger charge is 2.32. The summed E-state index contributed by atoms with van der Waals surface area (Å²) in [6.45, 7) is 1.89. The van der Waals surface area contributed by atoms with Gasteiger partial charge in [-0.05, 0) is 25.0 Å². The van der Waals surface area contributed by atoms with Gasteiger partial charge in [0.15, 0.2) is 0 Å². The molecule has 0 bridgehead atoms. The molecule has 1 amide bonds. The van der Waals surface area contributed by atoms with Gasteiger partial charge < -0.3 is 19.7 Å². The first-order chi connectivity index (χ1) is 8.67. The molecule has 1 saturated heterocycles. The first kappa shape index (κ1) is 13.1. The van der Waals surface area contributed by atoms with Gasteiger partial charge in [-0.2, -0.15) is 0 Å². The number of nitrogens with zero attached hydrogens (tertiary/aromatic N) is 1. The Morgan fingerprint density at radius 1 is 1.56 bits per heavy atom. The second kappa shape index (κ2) is 5.54. The van der Waals surface area contributed by atoms with Gasteiger partial charge in [-0.1, -0.05) is 0 Å². The summed E-state index contributed by atoms with van der Waals surface area (Å²) >= 11 is 0. The van der Waals surface area contributed by atoms with E-state index in [1.165, 1.54) is 0 Å². The highest BCUT2D eigenvalue weighted by molar-refractivity contribution is 5.92. The minimum Gasteiger partial charge on any atom is -0.396 e. The first-order valence-electron chi connectivity index (χ1n) is 6.25. The Morgan fingerprint density at radius 2 is 2.28 bits per heavy atom. The van der Waals surface area contributed by atoms with Gasteiger partial charge in [-0.15, -0.1) is 0 Å². The van der Waals surface area contributed by atoms with E-state index < -0.39 is 0 Å². The number of aryl methyl sites for hydroxylation is 1. The number of carbonyl (C=O) groups excluding carboxylic acids is 1. The van der Waals surface area contributed by atoms with Crippen LogP contribution in [0.15, 0.2) is 18.3 Å². The molecule has 1 aliphatic rings. The predicted molar refractivity (Wildman–Crippen MR) is 67.3 cm³/mol. The number of carbonyl (C=O) groups is 1. The molecule has 0 atom stereocenters. The van der Waals surface area contributed by atoms with Crippen molar-refractivity contribution in [2.45, 2.75) is 12.8 Å². The molecular weight excluding hydrogens is 232 g/mol. The van der Waals surface area contributed by atoms with Crippen molar-refractivity contribution in [1.82, 2.24) is 9.88 Å². The number of aromatic nitrogens is 1. The third kappa shape index (κ3) is 2.73. The maximum atomic E-state index is 12.0. The average molecular weight is 252 g/mol. The fraction of sp³-hybridized carbons (Fsp3) is 0.615. The third-order valence-corrected chi connectivity index (χ3v) is 3.69. The summed E-state index contributed by atoms with van der Waals surface area (Å²) in [6.07, 6.45) is 3.42. The van der Waals surface area contributed by atoms with Crippen molar-refractivity contribution in [2.75, 3.05) is 26.4 Å². The zero-order valence-electron chi connectivity index (χ0n) is 10.7. The van der Waals surface area contributed by atoms with Crippen LogP contribution in [-0.2, 0) is 11.8 Å². The number of hydrogen-bond acceptors (Lipinski definition) is 3. The largest absolute Gasteiger partial charge is 0.396 e. The first-order valence-corrected chi connectivity index (χ1v) is 6.25. The van der Waals surface area contributed by atoms with E-state index in [9.17, 15) is 9.90 Å². The Morgan fingerprint density at radius 3 is 2.83 bits per heavy atom. The van der Waals surface area contributed by atoms with E-state index in [2.05, 4.69) is 5.32 Å². The molecular formula is C13H20N2O3. The lowest BCUT2D eigenvalue weighted by Gasteiger charge is -2.35. The van der Waals surface area contributed by atoms with Gasteiger partial charge in [0, 0.05) is 38.4 Å².